The highest BCUT2D eigenvalue weighted by Crippen LogP contribution is 2.40. The third-order valence-corrected chi connectivity index (χ3v) is 11.4. The summed E-state index contributed by atoms with van der Waals surface area (Å²) < 4.78 is 42.7. The Balaban J connectivity index is 1.08. The number of rotatable bonds is 5. The van der Waals surface area contributed by atoms with Gasteiger partial charge in [-0.2, -0.15) is 0 Å². The number of aromatic nitrogens is 4. The van der Waals surface area contributed by atoms with Crippen LogP contribution in [0.15, 0.2) is 206 Å². The molecular formula is C54H34N4. The molecule has 0 radical (unpaired) electrons. The van der Waals surface area contributed by atoms with Gasteiger partial charge in [-0.25, -0.2) is 9.97 Å². The number of para-hydroxylation sites is 4. The molecule has 270 valence electrons. The number of hydrogen-bond acceptors (Lipinski definition) is 2. The van der Waals surface area contributed by atoms with Gasteiger partial charge in [0, 0.05) is 38.2 Å². The molecule has 9 aromatic carbocycles. The lowest BCUT2D eigenvalue weighted by atomic mass is 9.91. The smallest absolute Gasteiger partial charge is 0.235 e. The molecule has 0 fully saturated rings. The van der Waals surface area contributed by atoms with Crippen LogP contribution in [0.1, 0.15) is 5.48 Å². The van der Waals surface area contributed by atoms with E-state index in [-0.39, 0.29) is 35.3 Å². The Labute approximate surface area is 340 Å². The quantitative estimate of drug-likeness (QED) is 0.176. The molecule has 0 N–H and O–H groups in total. The summed E-state index contributed by atoms with van der Waals surface area (Å²) in [6.45, 7) is 0. The van der Waals surface area contributed by atoms with E-state index in [0.717, 1.165) is 60.4 Å². The molecule has 3 heterocycles. The van der Waals surface area contributed by atoms with Crippen molar-refractivity contribution in [2.24, 2.45) is 0 Å². The molecule has 0 spiro atoms. The summed E-state index contributed by atoms with van der Waals surface area (Å²) in [7, 11) is 0. The van der Waals surface area contributed by atoms with Crippen molar-refractivity contribution in [3.05, 3.63) is 206 Å². The van der Waals surface area contributed by atoms with Crippen LogP contribution in [0.2, 0.25) is 0 Å². The first-order chi connectivity index (χ1) is 30.5. The van der Waals surface area contributed by atoms with Gasteiger partial charge in [-0.3, -0.25) is 4.57 Å². The summed E-state index contributed by atoms with van der Waals surface area (Å²) in [6, 6.07) is 60.6. The fourth-order valence-electron chi connectivity index (χ4n) is 8.84. The maximum Gasteiger partial charge on any atom is 0.235 e. The zero-order valence-electron chi connectivity index (χ0n) is 35.1. The molecule has 0 unspecified atom stereocenters. The fraction of sp³-hybridized carbons (Fsp3) is 0. The minimum absolute atomic E-state index is 0.126. The summed E-state index contributed by atoms with van der Waals surface area (Å²) in [5.74, 6) is 0.372. The highest BCUT2D eigenvalue weighted by atomic mass is 15.2. The van der Waals surface area contributed by atoms with Crippen LogP contribution in [-0.2, 0) is 0 Å². The van der Waals surface area contributed by atoms with Crippen molar-refractivity contribution < 1.29 is 5.48 Å². The van der Waals surface area contributed by atoms with E-state index < -0.39 is 0 Å². The molecule has 3 aromatic heterocycles. The molecule has 12 rings (SSSR count). The van der Waals surface area contributed by atoms with Crippen LogP contribution in [0.3, 0.4) is 0 Å². The summed E-state index contributed by atoms with van der Waals surface area (Å²) >= 11 is 0. The molecule has 0 aliphatic carbocycles. The van der Waals surface area contributed by atoms with E-state index in [1.165, 1.54) is 10.8 Å². The molecule has 4 heteroatoms. The van der Waals surface area contributed by atoms with Crippen LogP contribution < -0.4 is 0 Å². The maximum absolute atomic E-state index is 9.62. The maximum atomic E-state index is 9.62. The van der Waals surface area contributed by atoms with Crippen molar-refractivity contribution in [1.82, 2.24) is 19.1 Å². The van der Waals surface area contributed by atoms with Gasteiger partial charge in [0.1, 0.15) is 0 Å². The second-order valence-electron chi connectivity index (χ2n) is 14.6. The van der Waals surface area contributed by atoms with Crippen LogP contribution in [0.4, 0.5) is 0 Å². The Hall–Kier alpha value is -7.82. The minimum atomic E-state index is -0.164. The first-order valence-electron chi connectivity index (χ1n) is 21.4. The van der Waals surface area contributed by atoms with Crippen molar-refractivity contribution in [1.29, 1.82) is 0 Å². The van der Waals surface area contributed by atoms with Crippen LogP contribution >= 0.6 is 0 Å². The number of hydrogen-bond donors (Lipinski definition) is 0. The molecule has 58 heavy (non-hydrogen) atoms. The normalized spacial score (nSPS) is 12.8. The van der Waals surface area contributed by atoms with Gasteiger partial charge in [0.05, 0.1) is 38.8 Å². The zero-order valence-corrected chi connectivity index (χ0v) is 31.1. The van der Waals surface area contributed by atoms with Crippen LogP contribution in [0, 0.1) is 0 Å². The first-order valence-corrected chi connectivity index (χ1v) is 19.4. The molecule has 4 nitrogen and oxygen atoms in total. The number of nitrogens with zero attached hydrogens (tertiary/aromatic N) is 4. The Morgan fingerprint density at radius 2 is 0.914 bits per heavy atom. The van der Waals surface area contributed by atoms with Crippen LogP contribution in [-0.4, -0.2) is 19.1 Å². The standard InChI is InChI=1S/C54H34N4/c1-2-14-35(15-3-1)40-22-12-16-37-17-13-23-41(52(37)40)36-28-30-38(31-29-36)53-45-21-4-8-24-47(45)55-54(56-53)58-50-27-11-7-20-44(50)46-34-39(32-33-51(46)58)57-48-25-9-5-18-42(48)43-19-6-10-26-49(43)57/h1-34H/i28D,29D,30D,31D. The first kappa shape index (κ1) is 28.6. The van der Waals surface area contributed by atoms with E-state index in [2.05, 4.69) is 83.4 Å². The van der Waals surface area contributed by atoms with Gasteiger partial charge in [0.15, 0.2) is 0 Å². The van der Waals surface area contributed by atoms with E-state index in [0.29, 0.717) is 28.1 Å². The highest BCUT2D eigenvalue weighted by Gasteiger charge is 2.19. The fourth-order valence-corrected chi connectivity index (χ4v) is 8.84. The van der Waals surface area contributed by atoms with E-state index in [1.54, 1.807) is 0 Å². The van der Waals surface area contributed by atoms with Crippen molar-refractivity contribution >= 4 is 65.3 Å². The Kier molecular flexibility index (Phi) is 6.34. The van der Waals surface area contributed by atoms with E-state index >= 15 is 0 Å². The Morgan fingerprint density at radius 1 is 0.379 bits per heavy atom. The van der Waals surface area contributed by atoms with E-state index in [9.17, 15) is 5.48 Å². The molecule has 0 aliphatic heterocycles. The summed E-state index contributed by atoms with van der Waals surface area (Å²) in [5, 5.41) is 6.90. The zero-order chi connectivity index (χ0) is 41.6. The van der Waals surface area contributed by atoms with Crippen LogP contribution in [0.5, 0.6) is 0 Å². The van der Waals surface area contributed by atoms with Gasteiger partial charge in [0.25, 0.3) is 0 Å². The average molecular weight is 743 g/mol. The van der Waals surface area contributed by atoms with Crippen molar-refractivity contribution in [2.75, 3.05) is 0 Å². The largest absolute Gasteiger partial charge is 0.309 e. The predicted molar refractivity (Wildman–Crippen MR) is 242 cm³/mol. The Morgan fingerprint density at radius 3 is 1.60 bits per heavy atom. The van der Waals surface area contributed by atoms with Gasteiger partial charge in [-0.15, -0.1) is 0 Å². The van der Waals surface area contributed by atoms with E-state index in [1.807, 2.05) is 108 Å². The minimum Gasteiger partial charge on any atom is -0.309 e. The topological polar surface area (TPSA) is 35.6 Å². The lowest BCUT2D eigenvalue weighted by Gasteiger charge is -2.14. The molecule has 0 aliphatic rings. The second kappa shape index (κ2) is 12.9. The lowest BCUT2D eigenvalue weighted by Crippen LogP contribution is -2.03. The van der Waals surface area contributed by atoms with E-state index in [4.69, 9.17) is 9.97 Å². The lowest BCUT2D eigenvalue weighted by molar-refractivity contribution is 1.01. The molecule has 0 saturated carbocycles. The monoisotopic (exact) mass is 742 g/mol. The van der Waals surface area contributed by atoms with Gasteiger partial charge in [-0.05, 0) is 75.5 Å². The molecule has 0 atom stereocenters. The molecule has 12 aromatic rings. The number of benzene rings is 9. The van der Waals surface area contributed by atoms with Gasteiger partial charge in [-0.1, -0.05) is 164 Å². The predicted octanol–water partition coefficient (Wildman–Crippen LogP) is 14.0. The Bertz CT molecular complexity index is 3730. The third kappa shape index (κ3) is 4.95. The SMILES string of the molecule is [2H]c1c([2H])c(-c2cccc3cccc(-c4ccccc4)c23)c([2H])c([2H])c1-c1nc(-n2c3ccccc3c3cc(-n4c5ccccc5c5ccccc54)ccc32)nc2ccccc12. The molecular weight excluding hydrogens is 705 g/mol. The third-order valence-electron chi connectivity index (χ3n) is 11.4. The highest BCUT2D eigenvalue weighted by molar-refractivity contribution is 6.12. The van der Waals surface area contributed by atoms with Crippen LogP contribution in [0.25, 0.3) is 110 Å². The molecule has 0 amide bonds. The summed E-state index contributed by atoms with van der Waals surface area (Å²) in [4.78, 5) is 10.3. The average Bonchev–Trinajstić information content (AvgIpc) is 3.84. The molecule has 0 bridgehead atoms. The van der Waals surface area contributed by atoms with Crippen molar-refractivity contribution in [3.8, 4) is 45.1 Å². The molecule has 0 saturated heterocycles. The van der Waals surface area contributed by atoms with Gasteiger partial charge in [0.2, 0.25) is 5.95 Å². The van der Waals surface area contributed by atoms with Crippen molar-refractivity contribution in [3.63, 3.8) is 0 Å². The second-order valence-corrected chi connectivity index (χ2v) is 14.6. The summed E-state index contributed by atoms with van der Waals surface area (Å²) in [5.41, 5.74) is 9.04. The van der Waals surface area contributed by atoms with Gasteiger partial charge >= 0.3 is 0 Å². The number of fused-ring (bicyclic) bond motifs is 8. The van der Waals surface area contributed by atoms with Crippen molar-refractivity contribution in [2.45, 2.75) is 0 Å². The van der Waals surface area contributed by atoms with Gasteiger partial charge < -0.3 is 4.57 Å². The summed E-state index contributed by atoms with van der Waals surface area (Å²) in [6.07, 6.45) is 0.